The molecule has 3 rings (SSSR count). The zero-order valence-corrected chi connectivity index (χ0v) is 11.3. The predicted molar refractivity (Wildman–Crippen MR) is 71.4 cm³/mol. The SMILES string of the molecule is O=C1C[C@H]2CC[C@@H](CN1Cc1ccc(F)cc1Cl)N2. The molecule has 1 N–H and O–H groups in total. The third kappa shape index (κ3) is 2.74. The molecular weight excluding hydrogens is 267 g/mol. The standard InChI is InChI=1S/C14H16ClFN2O/c15-13-5-10(16)2-1-9(13)7-18-8-12-4-3-11(17-12)6-14(18)19/h1-2,5,11-12,17H,3-4,6-8H2/t11-,12+/m1/s1. The number of amides is 1. The molecule has 2 atom stereocenters. The summed E-state index contributed by atoms with van der Waals surface area (Å²) in [7, 11) is 0. The Morgan fingerprint density at radius 2 is 2.16 bits per heavy atom. The molecule has 2 aliphatic rings. The maximum Gasteiger partial charge on any atom is 0.224 e. The van der Waals surface area contributed by atoms with Crippen LogP contribution in [0.25, 0.3) is 0 Å². The fraction of sp³-hybridized carbons (Fsp3) is 0.500. The summed E-state index contributed by atoms with van der Waals surface area (Å²) in [6.45, 7) is 1.17. The monoisotopic (exact) mass is 282 g/mol. The fourth-order valence-corrected chi connectivity index (χ4v) is 3.15. The smallest absolute Gasteiger partial charge is 0.224 e. The Hall–Kier alpha value is -1.13. The van der Waals surface area contributed by atoms with Crippen molar-refractivity contribution >= 4 is 17.5 Å². The molecule has 2 fully saturated rings. The minimum atomic E-state index is -0.350. The van der Waals surface area contributed by atoms with Crippen LogP contribution in [-0.2, 0) is 11.3 Å². The Morgan fingerprint density at radius 3 is 2.95 bits per heavy atom. The van der Waals surface area contributed by atoms with E-state index in [9.17, 15) is 9.18 Å². The van der Waals surface area contributed by atoms with E-state index >= 15 is 0 Å². The van der Waals surface area contributed by atoms with Crippen molar-refractivity contribution in [2.24, 2.45) is 0 Å². The first-order chi connectivity index (χ1) is 9.11. The van der Waals surface area contributed by atoms with E-state index in [4.69, 9.17) is 11.6 Å². The normalized spacial score (nSPS) is 26.6. The van der Waals surface area contributed by atoms with Crippen molar-refractivity contribution in [3.63, 3.8) is 0 Å². The number of carbonyl (C=O) groups is 1. The number of benzene rings is 1. The summed E-state index contributed by atoms with van der Waals surface area (Å²) in [5.74, 6) is -0.197. The summed E-state index contributed by atoms with van der Waals surface area (Å²) in [4.78, 5) is 14.0. The van der Waals surface area contributed by atoms with Crippen LogP contribution in [0.5, 0.6) is 0 Å². The van der Waals surface area contributed by atoms with Gasteiger partial charge in [-0.15, -0.1) is 0 Å². The number of hydrogen-bond acceptors (Lipinski definition) is 2. The van der Waals surface area contributed by atoms with Crippen LogP contribution in [0.3, 0.4) is 0 Å². The molecule has 0 radical (unpaired) electrons. The van der Waals surface area contributed by atoms with Crippen LogP contribution in [0.1, 0.15) is 24.8 Å². The summed E-state index contributed by atoms with van der Waals surface area (Å²) >= 11 is 6.02. The van der Waals surface area contributed by atoms with E-state index in [1.165, 1.54) is 12.1 Å². The second kappa shape index (κ2) is 5.10. The van der Waals surface area contributed by atoms with Gasteiger partial charge in [0.2, 0.25) is 5.91 Å². The van der Waals surface area contributed by atoms with Gasteiger partial charge in [0.05, 0.1) is 0 Å². The van der Waals surface area contributed by atoms with Gasteiger partial charge in [0, 0.05) is 36.6 Å². The Balaban J connectivity index is 1.76. The van der Waals surface area contributed by atoms with Crippen molar-refractivity contribution in [3.05, 3.63) is 34.6 Å². The molecule has 19 heavy (non-hydrogen) atoms. The molecule has 5 heteroatoms. The summed E-state index contributed by atoms with van der Waals surface area (Å²) in [6.07, 6.45) is 2.75. The van der Waals surface area contributed by atoms with Gasteiger partial charge >= 0.3 is 0 Å². The number of rotatable bonds is 2. The van der Waals surface area contributed by atoms with Crippen molar-refractivity contribution in [2.45, 2.75) is 37.9 Å². The summed E-state index contributed by atoms with van der Waals surface area (Å²) in [5.41, 5.74) is 0.800. The van der Waals surface area contributed by atoms with E-state index in [0.29, 0.717) is 36.6 Å². The van der Waals surface area contributed by atoms with E-state index < -0.39 is 0 Å². The molecule has 102 valence electrons. The van der Waals surface area contributed by atoms with Gasteiger partial charge in [-0.1, -0.05) is 17.7 Å². The Labute approximate surface area is 116 Å². The molecule has 1 amide bonds. The molecule has 1 aromatic rings. The van der Waals surface area contributed by atoms with Gasteiger partial charge in [-0.2, -0.15) is 0 Å². The number of fused-ring (bicyclic) bond motifs is 2. The number of nitrogens with zero attached hydrogens (tertiary/aromatic N) is 1. The first-order valence-electron chi connectivity index (χ1n) is 6.59. The Bertz CT molecular complexity index is 508. The van der Waals surface area contributed by atoms with E-state index in [0.717, 1.165) is 18.4 Å². The first-order valence-corrected chi connectivity index (χ1v) is 6.97. The van der Waals surface area contributed by atoms with Crippen LogP contribution >= 0.6 is 11.6 Å². The Kier molecular flexibility index (Phi) is 3.46. The number of halogens is 2. The highest BCUT2D eigenvalue weighted by Crippen LogP contribution is 2.24. The van der Waals surface area contributed by atoms with Crippen LogP contribution in [0, 0.1) is 5.82 Å². The van der Waals surface area contributed by atoms with Crippen LogP contribution in [-0.4, -0.2) is 29.4 Å². The lowest BCUT2D eigenvalue weighted by molar-refractivity contribution is -0.131. The molecule has 2 aliphatic heterocycles. The topological polar surface area (TPSA) is 32.3 Å². The first kappa shape index (κ1) is 12.9. The van der Waals surface area contributed by atoms with Crippen molar-refractivity contribution in [1.29, 1.82) is 0 Å². The van der Waals surface area contributed by atoms with Gasteiger partial charge in [-0.05, 0) is 30.5 Å². The number of likely N-dealkylation sites (tertiary alicyclic amines) is 1. The van der Waals surface area contributed by atoms with Crippen LogP contribution in [0.15, 0.2) is 18.2 Å². The average Bonchev–Trinajstić information content (AvgIpc) is 2.71. The zero-order chi connectivity index (χ0) is 13.4. The van der Waals surface area contributed by atoms with E-state index in [1.54, 1.807) is 6.07 Å². The molecule has 0 aromatic heterocycles. The molecule has 3 nitrogen and oxygen atoms in total. The maximum atomic E-state index is 13.0. The summed E-state index contributed by atoms with van der Waals surface area (Å²) < 4.78 is 13.0. The molecule has 0 aliphatic carbocycles. The maximum absolute atomic E-state index is 13.0. The highest BCUT2D eigenvalue weighted by Gasteiger charge is 2.33. The van der Waals surface area contributed by atoms with Crippen LogP contribution in [0.4, 0.5) is 4.39 Å². The lowest BCUT2D eigenvalue weighted by Crippen LogP contribution is -2.37. The minimum Gasteiger partial charge on any atom is -0.337 e. The summed E-state index contributed by atoms with van der Waals surface area (Å²) in [6, 6.07) is 5.04. The second-order valence-electron chi connectivity index (χ2n) is 5.35. The molecule has 2 heterocycles. The van der Waals surface area contributed by atoms with Gasteiger partial charge in [0.25, 0.3) is 0 Å². The second-order valence-corrected chi connectivity index (χ2v) is 5.76. The van der Waals surface area contributed by atoms with Gasteiger partial charge < -0.3 is 10.2 Å². The third-order valence-corrected chi connectivity index (χ3v) is 4.28. The lowest BCUT2D eigenvalue weighted by atomic mass is 10.1. The highest BCUT2D eigenvalue weighted by molar-refractivity contribution is 6.31. The lowest BCUT2D eigenvalue weighted by Gasteiger charge is -2.25. The highest BCUT2D eigenvalue weighted by atomic mass is 35.5. The summed E-state index contributed by atoms with van der Waals surface area (Å²) in [5, 5.41) is 3.85. The molecule has 2 bridgehead atoms. The largest absolute Gasteiger partial charge is 0.337 e. The average molecular weight is 283 g/mol. The van der Waals surface area contributed by atoms with Gasteiger partial charge in [-0.3, -0.25) is 4.79 Å². The number of nitrogens with one attached hydrogen (secondary N) is 1. The van der Waals surface area contributed by atoms with Gasteiger partial charge in [0.15, 0.2) is 0 Å². The predicted octanol–water partition coefficient (Wildman–Crippen LogP) is 2.33. The molecule has 0 saturated carbocycles. The molecular formula is C14H16ClFN2O. The number of hydrogen-bond donors (Lipinski definition) is 1. The fourth-order valence-electron chi connectivity index (χ4n) is 2.92. The molecule has 0 unspecified atom stereocenters. The van der Waals surface area contributed by atoms with Crippen LogP contribution < -0.4 is 5.32 Å². The molecule has 2 saturated heterocycles. The van der Waals surface area contributed by atoms with E-state index in [1.807, 2.05) is 4.90 Å². The Morgan fingerprint density at radius 1 is 1.37 bits per heavy atom. The van der Waals surface area contributed by atoms with Crippen LogP contribution in [0.2, 0.25) is 5.02 Å². The molecule has 1 aromatic carbocycles. The van der Waals surface area contributed by atoms with Gasteiger partial charge in [0.1, 0.15) is 5.82 Å². The van der Waals surface area contributed by atoms with Gasteiger partial charge in [-0.25, -0.2) is 4.39 Å². The van der Waals surface area contributed by atoms with Crippen molar-refractivity contribution in [2.75, 3.05) is 6.54 Å². The van der Waals surface area contributed by atoms with Crippen molar-refractivity contribution < 1.29 is 9.18 Å². The minimum absolute atomic E-state index is 0.153. The zero-order valence-electron chi connectivity index (χ0n) is 10.5. The van der Waals surface area contributed by atoms with Crippen molar-refractivity contribution in [1.82, 2.24) is 10.2 Å². The molecule has 0 spiro atoms. The third-order valence-electron chi connectivity index (χ3n) is 3.93. The number of carbonyl (C=O) groups excluding carboxylic acids is 1. The van der Waals surface area contributed by atoms with E-state index in [2.05, 4.69) is 5.32 Å². The van der Waals surface area contributed by atoms with Crippen molar-refractivity contribution in [3.8, 4) is 0 Å². The quantitative estimate of drug-likeness (QED) is 0.903. The van der Waals surface area contributed by atoms with E-state index in [-0.39, 0.29) is 11.7 Å².